The van der Waals surface area contributed by atoms with Gasteiger partial charge in [-0.2, -0.15) is 13.2 Å². The lowest BCUT2D eigenvalue weighted by Gasteiger charge is -2.16. The van der Waals surface area contributed by atoms with E-state index in [4.69, 9.17) is 5.73 Å². The number of alkyl halides is 3. The summed E-state index contributed by atoms with van der Waals surface area (Å²) in [6, 6.07) is 1.20. The predicted octanol–water partition coefficient (Wildman–Crippen LogP) is 2.23. The van der Waals surface area contributed by atoms with Crippen LogP contribution in [0.5, 0.6) is 0 Å². The summed E-state index contributed by atoms with van der Waals surface area (Å²) in [6.45, 7) is 1.43. The van der Waals surface area contributed by atoms with Gasteiger partial charge in [0, 0.05) is 11.6 Å². The van der Waals surface area contributed by atoms with Gasteiger partial charge >= 0.3 is 6.18 Å². The van der Waals surface area contributed by atoms with Crippen molar-refractivity contribution >= 4 is 0 Å². The maximum Gasteiger partial charge on any atom is 0.416 e. The Hall–Kier alpha value is -1.14. The Bertz CT molecular complexity index is 376. The van der Waals surface area contributed by atoms with Crippen molar-refractivity contribution in [2.75, 3.05) is 0 Å². The first-order chi connectivity index (χ1) is 7.23. The number of benzene rings is 1. The highest BCUT2D eigenvalue weighted by Crippen LogP contribution is 2.31. The van der Waals surface area contributed by atoms with E-state index in [1.54, 1.807) is 0 Å². The zero-order chi connectivity index (χ0) is 12.5. The van der Waals surface area contributed by atoms with Crippen molar-refractivity contribution in [2.24, 2.45) is 5.73 Å². The lowest BCUT2D eigenvalue weighted by molar-refractivity contribution is -0.137. The lowest BCUT2D eigenvalue weighted by Crippen LogP contribution is -2.25. The minimum absolute atomic E-state index is 0.233. The summed E-state index contributed by atoms with van der Waals surface area (Å²) in [5.74, 6) is -1.11. The molecule has 0 heterocycles. The zero-order valence-electron chi connectivity index (χ0n) is 8.42. The average Bonchev–Trinajstić information content (AvgIpc) is 2.15. The number of hydrogen-bond acceptors (Lipinski definition) is 2. The SMILES string of the molecule is C[C@@H](N)[C@@H](O)c1ccc(C(F)(F)F)cc1F. The molecule has 3 N–H and O–H groups in total. The third-order valence-corrected chi connectivity index (χ3v) is 2.14. The van der Waals surface area contributed by atoms with E-state index in [1.165, 1.54) is 6.92 Å². The normalized spacial score (nSPS) is 15.9. The van der Waals surface area contributed by atoms with Crippen molar-refractivity contribution in [2.45, 2.75) is 25.2 Å². The molecule has 0 aliphatic carbocycles. The molecule has 0 radical (unpaired) electrons. The molecule has 1 rings (SSSR count). The molecule has 0 aromatic heterocycles. The molecule has 2 nitrogen and oxygen atoms in total. The Balaban J connectivity index is 3.10. The van der Waals surface area contributed by atoms with Gasteiger partial charge in [0.25, 0.3) is 0 Å². The summed E-state index contributed by atoms with van der Waals surface area (Å²) < 4.78 is 49.9. The molecular weight excluding hydrogens is 226 g/mol. The van der Waals surface area contributed by atoms with Crippen LogP contribution < -0.4 is 5.73 Å². The van der Waals surface area contributed by atoms with Gasteiger partial charge in [0.1, 0.15) is 5.82 Å². The van der Waals surface area contributed by atoms with Crippen molar-refractivity contribution in [1.82, 2.24) is 0 Å². The van der Waals surface area contributed by atoms with E-state index in [-0.39, 0.29) is 5.56 Å². The van der Waals surface area contributed by atoms with E-state index < -0.39 is 29.7 Å². The first-order valence-electron chi connectivity index (χ1n) is 4.53. The molecular formula is C10H11F4NO. The fraction of sp³-hybridized carbons (Fsp3) is 0.400. The molecule has 0 aliphatic heterocycles. The topological polar surface area (TPSA) is 46.2 Å². The molecule has 0 amide bonds. The van der Waals surface area contributed by atoms with Gasteiger partial charge in [-0.1, -0.05) is 6.07 Å². The van der Waals surface area contributed by atoms with E-state index in [0.29, 0.717) is 12.1 Å². The molecule has 0 unspecified atom stereocenters. The Morgan fingerprint density at radius 2 is 1.88 bits per heavy atom. The molecule has 1 aromatic rings. The average molecular weight is 237 g/mol. The highest BCUT2D eigenvalue weighted by Gasteiger charge is 2.31. The molecule has 0 aliphatic rings. The third kappa shape index (κ3) is 2.70. The van der Waals surface area contributed by atoms with Crippen molar-refractivity contribution < 1.29 is 22.7 Å². The molecule has 1 aromatic carbocycles. The van der Waals surface area contributed by atoms with Crippen LogP contribution in [0.15, 0.2) is 18.2 Å². The quantitative estimate of drug-likeness (QED) is 0.775. The molecule has 0 spiro atoms. The summed E-state index contributed by atoms with van der Waals surface area (Å²) in [7, 11) is 0. The van der Waals surface area contributed by atoms with Gasteiger partial charge in [-0.05, 0) is 19.1 Å². The molecule has 0 bridgehead atoms. The van der Waals surface area contributed by atoms with Gasteiger partial charge in [0.2, 0.25) is 0 Å². The van der Waals surface area contributed by atoms with Crippen LogP contribution in [0.25, 0.3) is 0 Å². The maximum absolute atomic E-state index is 13.3. The van der Waals surface area contributed by atoms with Crippen molar-refractivity contribution in [3.63, 3.8) is 0 Å². The molecule has 0 fully saturated rings. The highest BCUT2D eigenvalue weighted by atomic mass is 19.4. The molecule has 0 saturated heterocycles. The van der Waals surface area contributed by atoms with Crippen LogP contribution >= 0.6 is 0 Å². The fourth-order valence-corrected chi connectivity index (χ4v) is 1.23. The summed E-state index contributed by atoms with van der Waals surface area (Å²) in [5, 5.41) is 9.43. The van der Waals surface area contributed by atoms with Crippen LogP contribution in [0.4, 0.5) is 17.6 Å². The Morgan fingerprint density at radius 1 is 1.31 bits per heavy atom. The van der Waals surface area contributed by atoms with Crippen LogP contribution in [0, 0.1) is 5.82 Å². The summed E-state index contributed by atoms with van der Waals surface area (Å²) in [5.41, 5.74) is 4.00. The van der Waals surface area contributed by atoms with E-state index in [0.717, 1.165) is 6.07 Å². The van der Waals surface area contributed by atoms with Gasteiger partial charge in [-0.3, -0.25) is 0 Å². The second-order valence-electron chi connectivity index (χ2n) is 3.54. The number of aliphatic hydroxyl groups is 1. The van der Waals surface area contributed by atoms with Crippen LogP contribution in [-0.2, 0) is 6.18 Å². The van der Waals surface area contributed by atoms with Gasteiger partial charge in [-0.15, -0.1) is 0 Å². The predicted molar refractivity (Wildman–Crippen MR) is 50.0 cm³/mol. The second kappa shape index (κ2) is 4.39. The Morgan fingerprint density at radius 3 is 2.25 bits per heavy atom. The molecule has 16 heavy (non-hydrogen) atoms. The third-order valence-electron chi connectivity index (χ3n) is 2.14. The Kier molecular flexibility index (Phi) is 3.54. The van der Waals surface area contributed by atoms with E-state index >= 15 is 0 Å². The Labute approximate surface area is 89.7 Å². The summed E-state index contributed by atoms with van der Waals surface area (Å²) >= 11 is 0. The molecule has 0 saturated carbocycles. The largest absolute Gasteiger partial charge is 0.416 e. The number of aliphatic hydroxyl groups excluding tert-OH is 1. The smallest absolute Gasteiger partial charge is 0.387 e. The summed E-state index contributed by atoms with van der Waals surface area (Å²) in [4.78, 5) is 0. The standard InChI is InChI=1S/C10H11F4NO/c1-5(15)9(16)7-3-2-6(4-8(7)11)10(12,13)14/h2-5,9,16H,15H2,1H3/t5-,9-/m1/s1. The van der Waals surface area contributed by atoms with Gasteiger partial charge in [-0.25, -0.2) is 4.39 Å². The first-order valence-corrected chi connectivity index (χ1v) is 4.53. The zero-order valence-corrected chi connectivity index (χ0v) is 8.42. The molecule has 90 valence electrons. The van der Waals surface area contributed by atoms with Crippen LogP contribution in [0.3, 0.4) is 0 Å². The van der Waals surface area contributed by atoms with Crippen molar-refractivity contribution in [1.29, 1.82) is 0 Å². The number of nitrogens with two attached hydrogens (primary N) is 1. The minimum atomic E-state index is -4.60. The summed E-state index contributed by atoms with van der Waals surface area (Å²) in [6.07, 6.45) is -5.92. The van der Waals surface area contributed by atoms with Gasteiger partial charge in [0.15, 0.2) is 0 Å². The highest BCUT2D eigenvalue weighted by molar-refractivity contribution is 5.28. The first kappa shape index (κ1) is 12.9. The van der Waals surface area contributed by atoms with E-state index in [2.05, 4.69) is 0 Å². The fourth-order valence-electron chi connectivity index (χ4n) is 1.23. The number of halogens is 4. The lowest BCUT2D eigenvalue weighted by atomic mass is 10.0. The van der Waals surface area contributed by atoms with Crippen molar-refractivity contribution in [3.05, 3.63) is 35.1 Å². The van der Waals surface area contributed by atoms with Crippen LogP contribution in [0.2, 0.25) is 0 Å². The van der Waals surface area contributed by atoms with Crippen molar-refractivity contribution in [3.8, 4) is 0 Å². The van der Waals surface area contributed by atoms with E-state index in [1.807, 2.05) is 0 Å². The molecule has 6 heteroatoms. The van der Waals surface area contributed by atoms with E-state index in [9.17, 15) is 22.7 Å². The number of hydrogen-bond donors (Lipinski definition) is 2. The second-order valence-corrected chi connectivity index (χ2v) is 3.54. The van der Waals surface area contributed by atoms with Gasteiger partial charge < -0.3 is 10.8 Å². The van der Waals surface area contributed by atoms with Crippen LogP contribution in [-0.4, -0.2) is 11.1 Å². The van der Waals surface area contributed by atoms with Crippen LogP contribution in [0.1, 0.15) is 24.2 Å². The number of rotatable bonds is 2. The molecule has 2 atom stereocenters. The van der Waals surface area contributed by atoms with Gasteiger partial charge in [0.05, 0.1) is 11.7 Å². The monoisotopic (exact) mass is 237 g/mol. The maximum atomic E-state index is 13.3. The minimum Gasteiger partial charge on any atom is -0.387 e.